The minimum atomic E-state index is -3.39. The zero-order valence-electron chi connectivity index (χ0n) is 27.7. The van der Waals surface area contributed by atoms with E-state index < -0.39 is 35.3 Å². The fraction of sp³-hybridized carbons (Fsp3) is 0.244. The average molecular weight is 660 g/mol. The molecule has 2 N–H and O–H groups in total. The van der Waals surface area contributed by atoms with Crippen LogP contribution in [0.3, 0.4) is 0 Å². The molecule has 0 saturated heterocycles. The molecule has 0 bridgehead atoms. The van der Waals surface area contributed by atoms with Crippen LogP contribution in [0.1, 0.15) is 72.4 Å². The molecule has 49 heavy (non-hydrogen) atoms. The van der Waals surface area contributed by atoms with E-state index in [1.807, 2.05) is 121 Å². The fourth-order valence-electron chi connectivity index (χ4n) is 6.90. The number of aliphatic hydroxyl groups excluding tert-OH is 1. The number of aromatic nitrogens is 3. The molecular formula is C41H39F2N3O3. The number of alkyl halides is 2. The molecule has 0 unspecified atom stereocenters. The number of hydrogen-bond acceptors (Lipinski definition) is 5. The Balaban J connectivity index is 1.60. The number of hydrogen-bond donors (Lipinski definition) is 2. The van der Waals surface area contributed by atoms with Crippen LogP contribution in [-0.2, 0) is 29.3 Å². The number of halogens is 2. The highest BCUT2D eigenvalue weighted by Gasteiger charge is 2.44. The first-order chi connectivity index (χ1) is 23.4. The smallest absolute Gasteiger partial charge is 0.289 e. The fourth-order valence-corrected chi connectivity index (χ4v) is 6.90. The van der Waals surface area contributed by atoms with Gasteiger partial charge in [-0.15, -0.1) is 0 Å². The molecule has 4 aromatic carbocycles. The summed E-state index contributed by atoms with van der Waals surface area (Å²) in [5.74, 6) is -4.07. The monoisotopic (exact) mass is 659 g/mol. The van der Waals surface area contributed by atoms with E-state index in [0.29, 0.717) is 11.2 Å². The lowest BCUT2D eigenvalue weighted by Crippen LogP contribution is -2.39. The van der Waals surface area contributed by atoms with Crippen LogP contribution in [-0.4, -0.2) is 36.4 Å². The number of pyridine rings is 1. The number of carbonyl (C=O) groups is 1. The number of Topliss-reactive ketones (excluding diaryl/α,β-unsaturated/α-hetero) is 1. The predicted molar refractivity (Wildman–Crippen MR) is 186 cm³/mol. The molecule has 0 aliphatic heterocycles. The molecule has 6 aromatic rings. The quantitative estimate of drug-likeness (QED) is 0.130. The van der Waals surface area contributed by atoms with Gasteiger partial charge in [-0.1, -0.05) is 121 Å². The molecule has 250 valence electrons. The van der Waals surface area contributed by atoms with Crippen molar-refractivity contribution in [2.75, 3.05) is 0 Å². The van der Waals surface area contributed by atoms with Gasteiger partial charge in [0, 0.05) is 25.7 Å². The third kappa shape index (κ3) is 6.54. The second kappa shape index (κ2) is 13.5. The Hall–Kier alpha value is -5.05. The highest BCUT2D eigenvalue weighted by Crippen LogP contribution is 2.45. The van der Waals surface area contributed by atoms with Gasteiger partial charge in [0.25, 0.3) is 5.92 Å². The second-order valence-corrected chi connectivity index (χ2v) is 13.1. The molecule has 2 heterocycles. The lowest BCUT2D eigenvalue weighted by atomic mass is 9.77. The minimum Gasteiger partial charge on any atom is -0.390 e. The van der Waals surface area contributed by atoms with Crippen LogP contribution in [0.4, 0.5) is 8.78 Å². The third-order valence-corrected chi connectivity index (χ3v) is 9.11. The maximum atomic E-state index is 15.6. The van der Waals surface area contributed by atoms with Gasteiger partial charge >= 0.3 is 0 Å². The molecule has 2 aromatic heterocycles. The first-order valence-electron chi connectivity index (χ1n) is 16.3. The Bertz CT molecular complexity index is 1940. The number of fused-ring (bicyclic) bond motifs is 1. The average Bonchev–Trinajstić information content (AvgIpc) is 3.49. The number of aliphatic hydroxyl groups is 2. The Labute approximate surface area is 284 Å². The van der Waals surface area contributed by atoms with Crippen molar-refractivity contribution in [1.29, 1.82) is 0 Å². The summed E-state index contributed by atoms with van der Waals surface area (Å²) in [5.41, 5.74) is 0.830. The van der Waals surface area contributed by atoms with E-state index in [0.717, 1.165) is 29.2 Å². The van der Waals surface area contributed by atoms with Gasteiger partial charge in [0.1, 0.15) is 17.0 Å². The molecule has 0 fully saturated rings. The molecule has 6 nitrogen and oxygen atoms in total. The van der Waals surface area contributed by atoms with Gasteiger partial charge in [-0.3, -0.25) is 9.78 Å². The standard InChI is InChI=1S/C41H39F2N3O3/c1-39(2,49)34(28-16-8-4-9-17-28)26-33(48)24-32-25-36-37(35(27-47)44-32)38(40(3,42)43)45-46(36)41(29-18-10-5-11-19-29,30-20-12-6-13-21-30)31-22-14-7-15-23-31/h4-23,25,34,47,49H,24,26-27H2,1-3H3/t34-/m0/s1. The van der Waals surface area contributed by atoms with E-state index in [9.17, 15) is 15.0 Å². The van der Waals surface area contributed by atoms with Crippen LogP contribution in [0.15, 0.2) is 127 Å². The molecule has 8 heteroatoms. The number of benzene rings is 4. The second-order valence-electron chi connectivity index (χ2n) is 13.1. The van der Waals surface area contributed by atoms with Gasteiger partial charge in [0.15, 0.2) is 0 Å². The summed E-state index contributed by atoms with van der Waals surface area (Å²) in [6, 6.07) is 39.7. The molecule has 0 spiro atoms. The Morgan fingerprint density at radius 3 is 1.67 bits per heavy atom. The Morgan fingerprint density at radius 2 is 1.24 bits per heavy atom. The van der Waals surface area contributed by atoms with Gasteiger partial charge < -0.3 is 10.2 Å². The molecule has 0 amide bonds. The van der Waals surface area contributed by atoms with Crippen molar-refractivity contribution in [2.45, 2.75) is 63.2 Å². The lowest BCUT2D eigenvalue weighted by molar-refractivity contribution is -0.120. The van der Waals surface area contributed by atoms with Crippen molar-refractivity contribution < 1.29 is 23.8 Å². The van der Waals surface area contributed by atoms with E-state index in [1.165, 1.54) is 0 Å². The van der Waals surface area contributed by atoms with Gasteiger partial charge in [-0.05, 0) is 42.2 Å². The van der Waals surface area contributed by atoms with Crippen molar-refractivity contribution in [3.8, 4) is 0 Å². The highest BCUT2D eigenvalue weighted by atomic mass is 19.3. The Kier molecular flexibility index (Phi) is 9.29. The van der Waals surface area contributed by atoms with Crippen molar-refractivity contribution in [2.24, 2.45) is 0 Å². The Morgan fingerprint density at radius 1 is 0.776 bits per heavy atom. The molecule has 0 radical (unpaired) electrons. The molecule has 0 aliphatic carbocycles. The number of rotatable bonds is 12. The first-order valence-corrected chi connectivity index (χ1v) is 16.3. The predicted octanol–water partition coefficient (Wildman–Crippen LogP) is 7.93. The van der Waals surface area contributed by atoms with Crippen molar-refractivity contribution >= 4 is 16.7 Å². The van der Waals surface area contributed by atoms with E-state index in [4.69, 9.17) is 5.10 Å². The van der Waals surface area contributed by atoms with Gasteiger partial charge in [0.2, 0.25) is 0 Å². The lowest BCUT2D eigenvalue weighted by Gasteiger charge is -2.37. The zero-order valence-corrected chi connectivity index (χ0v) is 27.7. The molecule has 6 rings (SSSR count). The van der Waals surface area contributed by atoms with E-state index in [1.54, 1.807) is 24.6 Å². The van der Waals surface area contributed by atoms with Crippen molar-refractivity contribution in [3.63, 3.8) is 0 Å². The third-order valence-electron chi connectivity index (χ3n) is 9.11. The summed E-state index contributed by atoms with van der Waals surface area (Å²) in [6.07, 6.45) is -0.110. The maximum Gasteiger partial charge on any atom is 0.289 e. The van der Waals surface area contributed by atoms with Gasteiger partial charge in [-0.25, -0.2) is 4.68 Å². The number of nitrogens with zero attached hydrogens (tertiary/aromatic N) is 3. The minimum absolute atomic E-state index is 0.00765. The summed E-state index contributed by atoms with van der Waals surface area (Å²) >= 11 is 0. The first kappa shape index (κ1) is 33.8. The molecule has 0 saturated carbocycles. The highest BCUT2D eigenvalue weighted by molar-refractivity contribution is 5.88. The molecular weight excluding hydrogens is 620 g/mol. The topological polar surface area (TPSA) is 88.2 Å². The van der Waals surface area contributed by atoms with E-state index >= 15 is 8.78 Å². The summed E-state index contributed by atoms with van der Waals surface area (Å²) < 4.78 is 32.8. The summed E-state index contributed by atoms with van der Waals surface area (Å²) in [7, 11) is 0. The SMILES string of the molecule is CC(F)(F)c1nn(C(c2ccccc2)(c2ccccc2)c2ccccc2)c2cc(CC(=O)C[C@@H](c3ccccc3)C(C)(C)O)nc(CO)c12. The van der Waals surface area contributed by atoms with Gasteiger partial charge in [0.05, 0.1) is 34.5 Å². The van der Waals surface area contributed by atoms with Gasteiger partial charge in [-0.2, -0.15) is 13.9 Å². The maximum absolute atomic E-state index is 15.6. The molecule has 1 atom stereocenters. The molecule has 0 aliphatic rings. The van der Waals surface area contributed by atoms with Crippen LogP contribution in [0, 0.1) is 0 Å². The van der Waals surface area contributed by atoms with Crippen LogP contribution < -0.4 is 0 Å². The normalized spacial score (nSPS) is 13.0. The summed E-state index contributed by atoms with van der Waals surface area (Å²) in [4.78, 5) is 18.3. The van der Waals surface area contributed by atoms with Crippen LogP contribution >= 0.6 is 0 Å². The number of carbonyl (C=O) groups excluding carboxylic acids is 1. The van der Waals surface area contributed by atoms with Crippen molar-refractivity contribution in [1.82, 2.24) is 14.8 Å². The largest absolute Gasteiger partial charge is 0.390 e. The van der Waals surface area contributed by atoms with E-state index in [-0.39, 0.29) is 29.7 Å². The summed E-state index contributed by atoms with van der Waals surface area (Å²) in [6.45, 7) is 3.49. The van der Waals surface area contributed by atoms with Crippen LogP contribution in [0.5, 0.6) is 0 Å². The van der Waals surface area contributed by atoms with Crippen molar-refractivity contribution in [3.05, 3.63) is 167 Å². The van der Waals surface area contributed by atoms with Crippen LogP contribution in [0.25, 0.3) is 10.9 Å². The zero-order chi connectivity index (χ0) is 34.8. The van der Waals surface area contributed by atoms with E-state index in [2.05, 4.69) is 4.98 Å². The van der Waals surface area contributed by atoms with Crippen LogP contribution in [0.2, 0.25) is 0 Å². The summed E-state index contributed by atoms with van der Waals surface area (Å²) in [5, 5.41) is 26.3. The number of ketones is 1.